The summed E-state index contributed by atoms with van der Waals surface area (Å²) in [6, 6.07) is 7.55. The monoisotopic (exact) mass is 303 g/mol. The number of ether oxygens (including phenoxy) is 1. The lowest BCUT2D eigenvalue weighted by Crippen LogP contribution is -2.42. The van der Waals surface area contributed by atoms with Crippen molar-refractivity contribution in [2.24, 2.45) is 5.10 Å². The molecule has 0 saturated heterocycles. The maximum absolute atomic E-state index is 11.9. The predicted molar refractivity (Wildman–Crippen MR) is 83.8 cm³/mol. The zero-order chi connectivity index (χ0) is 16.1. The average Bonchev–Trinajstić information content (AvgIpc) is 2.49. The number of rotatable bonds is 5. The summed E-state index contributed by atoms with van der Waals surface area (Å²) in [4.78, 5) is 23.7. The van der Waals surface area contributed by atoms with Crippen molar-refractivity contribution >= 4 is 17.5 Å². The molecule has 118 valence electrons. The first-order valence-corrected chi connectivity index (χ1v) is 7.31. The summed E-state index contributed by atoms with van der Waals surface area (Å²) in [7, 11) is 1.61. The number of benzene rings is 1. The van der Waals surface area contributed by atoms with Crippen molar-refractivity contribution < 1.29 is 14.3 Å². The van der Waals surface area contributed by atoms with Gasteiger partial charge in [-0.3, -0.25) is 9.59 Å². The minimum atomic E-state index is -0.205. The van der Waals surface area contributed by atoms with E-state index in [1.807, 2.05) is 38.1 Å². The maximum Gasteiger partial charge on any atom is 0.243 e. The van der Waals surface area contributed by atoms with Gasteiger partial charge in [-0.05, 0) is 43.7 Å². The summed E-state index contributed by atoms with van der Waals surface area (Å²) in [6.45, 7) is 3.71. The van der Waals surface area contributed by atoms with E-state index in [1.165, 1.54) is 5.01 Å². The van der Waals surface area contributed by atoms with E-state index in [0.717, 1.165) is 17.0 Å². The van der Waals surface area contributed by atoms with Crippen LogP contribution in [-0.4, -0.2) is 42.2 Å². The molecule has 1 heterocycles. The van der Waals surface area contributed by atoms with Crippen molar-refractivity contribution in [2.75, 3.05) is 13.7 Å². The Morgan fingerprint density at radius 2 is 2.00 bits per heavy atom. The molecule has 0 unspecified atom stereocenters. The number of nitrogens with zero attached hydrogens (tertiary/aromatic N) is 2. The fourth-order valence-corrected chi connectivity index (χ4v) is 2.22. The lowest BCUT2D eigenvalue weighted by atomic mass is 10.0. The van der Waals surface area contributed by atoms with E-state index in [1.54, 1.807) is 7.11 Å². The number of carbonyl (C=O) groups is 2. The Balaban J connectivity index is 2.12. The number of hydrogen-bond donors (Lipinski definition) is 1. The standard InChI is InChI=1S/C16H21N3O3/c1-11(2)17-15(20)10-19-16(21)9-8-14(18-19)12-4-6-13(22-3)7-5-12/h4-7,11H,8-10H2,1-3H3,(H,17,20). The molecule has 1 aromatic carbocycles. The van der Waals surface area contributed by atoms with Gasteiger partial charge in [-0.2, -0.15) is 5.10 Å². The number of carbonyl (C=O) groups excluding carboxylic acids is 2. The van der Waals surface area contributed by atoms with Crippen LogP contribution in [0.25, 0.3) is 0 Å². The van der Waals surface area contributed by atoms with Crippen LogP contribution in [0.5, 0.6) is 5.75 Å². The van der Waals surface area contributed by atoms with Crippen LogP contribution in [0.4, 0.5) is 0 Å². The predicted octanol–water partition coefficient (Wildman–Crippen LogP) is 1.55. The van der Waals surface area contributed by atoms with E-state index in [9.17, 15) is 9.59 Å². The normalized spacial score (nSPS) is 14.8. The summed E-state index contributed by atoms with van der Waals surface area (Å²) >= 11 is 0. The van der Waals surface area contributed by atoms with E-state index in [-0.39, 0.29) is 24.4 Å². The number of hydrogen-bond acceptors (Lipinski definition) is 4. The van der Waals surface area contributed by atoms with Crippen LogP contribution in [0, 0.1) is 0 Å². The average molecular weight is 303 g/mol. The highest BCUT2D eigenvalue weighted by Crippen LogP contribution is 2.18. The summed E-state index contributed by atoms with van der Waals surface area (Å²) in [5.41, 5.74) is 1.74. The third-order valence-corrected chi connectivity index (χ3v) is 3.27. The molecule has 1 aliphatic rings. The quantitative estimate of drug-likeness (QED) is 0.897. The van der Waals surface area contributed by atoms with E-state index >= 15 is 0 Å². The SMILES string of the molecule is COc1ccc(C2=NN(CC(=O)NC(C)C)C(=O)CC2)cc1. The van der Waals surface area contributed by atoms with Crippen molar-refractivity contribution in [3.63, 3.8) is 0 Å². The Hall–Kier alpha value is -2.37. The molecule has 0 atom stereocenters. The topological polar surface area (TPSA) is 71.0 Å². The molecule has 0 spiro atoms. The summed E-state index contributed by atoms with van der Waals surface area (Å²) in [6.07, 6.45) is 0.938. The molecule has 22 heavy (non-hydrogen) atoms. The van der Waals surface area contributed by atoms with Crippen LogP contribution in [0.15, 0.2) is 29.4 Å². The zero-order valence-electron chi connectivity index (χ0n) is 13.1. The Kier molecular flexibility index (Phi) is 5.14. The van der Waals surface area contributed by atoms with Gasteiger partial charge in [0.1, 0.15) is 12.3 Å². The molecule has 1 aliphatic heterocycles. The lowest BCUT2D eigenvalue weighted by molar-refractivity contribution is -0.136. The first-order chi connectivity index (χ1) is 10.5. The lowest BCUT2D eigenvalue weighted by Gasteiger charge is -2.23. The maximum atomic E-state index is 11.9. The van der Waals surface area contributed by atoms with E-state index in [4.69, 9.17) is 4.74 Å². The van der Waals surface area contributed by atoms with E-state index in [2.05, 4.69) is 10.4 Å². The number of amides is 2. The molecular formula is C16H21N3O3. The Bertz CT molecular complexity index is 579. The fourth-order valence-electron chi connectivity index (χ4n) is 2.22. The molecule has 2 rings (SSSR count). The largest absolute Gasteiger partial charge is 0.497 e. The highest BCUT2D eigenvalue weighted by Gasteiger charge is 2.23. The van der Waals surface area contributed by atoms with Gasteiger partial charge in [-0.15, -0.1) is 0 Å². The van der Waals surface area contributed by atoms with Crippen molar-refractivity contribution in [2.45, 2.75) is 32.7 Å². The van der Waals surface area contributed by atoms with Gasteiger partial charge in [0.15, 0.2) is 0 Å². The summed E-state index contributed by atoms with van der Waals surface area (Å²) in [5.74, 6) is 0.434. The smallest absolute Gasteiger partial charge is 0.243 e. The highest BCUT2D eigenvalue weighted by atomic mass is 16.5. The molecule has 0 aliphatic carbocycles. The van der Waals surface area contributed by atoms with Gasteiger partial charge in [0.25, 0.3) is 0 Å². The number of nitrogens with one attached hydrogen (secondary N) is 1. The Labute approximate surface area is 130 Å². The van der Waals surface area contributed by atoms with Gasteiger partial charge in [0.05, 0.1) is 12.8 Å². The van der Waals surface area contributed by atoms with Crippen LogP contribution >= 0.6 is 0 Å². The minimum Gasteiger partial charge on any atom is -0.497 e. The van der Waals surface area contributed by atoms with Gasteiger partial charge in [0, 0.05) is 18.9 Å². The Morgan fingerprint density at radius 1 is 1.32 bits per heavy atom. The van der Waals surface area contributed by atoms with Gasteiger partial charge >= 0.3 is 0 Å². The highest BCUT2D eigenvalue weighted by molar-refractivity contribution is 6.04. The van der Waals surface area contributed by atoms with E-state index < -0.39 is 0 Å². The molecule has 0 fully saturated rings. The van der Waals surface area contributed by atoms with Gasteiger partial charge in [-0.1, -0.05) is 0 Å². The van der Waals surface area contributed by atoms with Crippen LogP contribution in [-0.2, 0) is 9.59 Å². The molecule has 1 aromatic rings. The van der Waals surface area contributed by atoms with Crippen molar-refractivity contribution in [3.05, 3.63) is 29.8 Å². The molecule has 1 N–H and O–H groups in total. The van der Waals surface area contributed by atoms with Crippen LogP contribution in [0.1, 0.15) is 32.3 Å². The zero-order valence-corrected chi connectivity index (χ0v) is 13.1. The third-order valence-electron chi connectivity index (χ3n) is 3.27. The van der Waals surface area contributed by atoms with Crippen molar-refractivity contribution in [3.8, 4) is 5.75 Å². The first-order valence-electron chi connectivity index (χ1n) is 7.31. The van der Waals surface area contributed by atoms with Crippen molar-refractivity contribution in [1.82, 2.24) is 10.3 Å². The number of hydrazone groups is 1. The second-order valence-electron chi connectivity index (χ2n) is 5.45. The second-order valence-corrected chi connectivity index (χ2v) is 5.45. The minimum absolute atomic E-state index is 0.0393. The third kappa shape index (κ3) is 4.07. The van der Waals surface area contributed by atoms with E-state index in [0.29, 0.717) is 12.8 Å². The molecule has 6 nitrogen and oxygen atoms in total. The van der Waals surface area contributed by atoms with Gasteiger partial charge in [0.2, 0.25) is 11.8 Å². The Morgan fingerprint density at radius 3 is 2.59 bits per heavy atom. The molecule has 2 amide bonds. The molecule has 0 radical (unpaired) electrons. The molecular weight excluding hydrogens is 282 g/mol. The molecule has 6 heteroatoms. The molecule has 0 bridgehead atoms. The van der Waals surface area contributed by atoms with Gasteiger partial charge < -0.3 is 10.1 Å². The van der Waals surface area contributed by atoms with Crippen molar-refractivity contribution in [1.29, 1.82) is 0 Å². The molecule has 0 saturated carbocycles. The van der Waals surface area contributed by atoms with Crippen LogP contribution < -0.4 is 10.1 Å². The first kappa shape index (κ1) is 16.0. The second kappa shape index (κ2) is 7.06. The number of methoxy groups -OCH3 is 1. The fraction of sp³-hybridized carbons (Fsp3) is 0.438. The van der Waals surface area contributed by atoms with Crippen LogP contribution in [0.2, 0.25) is 0 Å². The van der Waals surface area contributed by atoms with Crippen LogP contribution in [0.3, 0.4) is 0 Å². The molecule has 0 aromatic heterocycles. The van der Waals surface area contributed by atoms with Gasteiger partial charge in [-0.25, -0.2) is 5.01 Å². The summed E-state index contributed by atoms with van der Waals surface area (Å²) < 4.78 is 5.13. The summed E-state index contributed by atoms with van der Waals surface area (Å²) in [5, 5.41) is 8.35.